The molecule has 2 aliphatic heterocycles. The Morgan fingerprint density at radius 3 is 3.00 bits per heavy atom. The van der Waals surface area contributed by atoms with Crippen LogP contribution in [0, 0.1) is 5.92 Å². The van der Waals surface area contributed by atoms with Crippen LogP contribution in [0.4, 0.5) is 0 Å². The molecule has 2 saturated heterocycles. The summed E-state index contributed by atoms with van der Waals surface area (Å²) in [6.45, 7) is 5.36. The summed E-state index contributed by atoms with van der Waals surface area (Å²) in [4.78, 5) is 2.51. The van der Waals surface area contributed by atoms with E-state index in [0.29, 0.717) is 6.04 Å². The van der Waals surface area contributed by atoms with E-state index in [9.17, 15) is 0 Å². The highest BCUT2D eigenvalue weighted by atomic mass is 79.9. The lowest BCUT2D eigenvalue weighted by Crippen LogP contribution is -2.50. The summed E-state index contributed by atoms with van der Waals surface area (Å²) in [5.41, 5.74) is 0. The van der Waals surface area contributed by atoms with Gasteiger partial charge in [0.05, 0.1) is 23.3 Å². The van der Waals surface area contributed by atoms with Gasteiger partial charge in [0.1, 0.15) is 0 Å². The fourth-order valence-corrected chi connectivity index (χ4v) is 2.99. The molecule has 0 spiro atoms. The zero-order valence-corrected chi connectivity index (χ0v) is 11.5. The molecule has 2 fully saturated rings. The van der Waals surface area contributed by atoms with Gasteiger partial charge in [-0.05, 0) is 34.7 Å². The van der Waals surface area contributed by atoms with Crippen molar-refractivity contribution in [1.82, 2.24) is 14.7 Å². The maximum atomic E-state index is 5.52. The van der Waals surface area contributed by atoms with E-state index in [4.69, 9.17) is 4.74 Å². The zero-order chi connectivity index (χ0) is 11.7. The molecule has 0 saturated carbocycles. The second-order valence-electron chi connectivity index (χ2n) is 5.09. The largest absolute Gasteiger partial charge is 0.381 e. The second kappa shape index (κ2) is 5.08. The fourth-order valence-electron chi connectivity index (χ4n) is 2.69. The Morgan fingerprint density at radius 2 is 2.35 bits per heavy atom. The van der Waals surface area contributed by atoms with Crippen molar-refractivity contribution in [1.29, 1.82) is 0 Å². The lowest BCUT2D eigenvalue weighted by atomic mass is 9.99. The number of likely N-dealkylation sites (tertiary alicyclic amines) is 1. The van der Waals surface area contributed by atoms with Crippen LogP contribution in [0.25, 0.3) is 0 Å². The molecule has 0 aromatic carbocycles. The molecule has 17 heavy (non-hydrogen) atoms. The van der Waals surface area contributed by atoms with Crippen LogP contribution < -0.4 is 0 Å². The summed E-state index contributed by atoms with van der Waals surface area (Å²) < 4.78 is 8.65. The molecule has 94 valence electrons. The van der Waals surface area contributed by atoms with Gasteiger partial charge < -0.3 is 4.74 Å². The van der Waals surface area contributed by atoms with Crippen molar-refractivity contribution in [3.05, 3.63) is 16.9 Å². The zero-order valence-electron chi connectivity index (χ0n) is 9.89. The van der Waals surface area contributed by atoms with Crippen molar-refractivity contribution in [2.75, 3.05) is 32.8 Å². The van der Waals surface area contributed by atoms with Crippen LogP contribution in [0.15, 0.2) is 16.9 Å². The highest BCUT2D eigenvalue weighted by molar-refractivity contribution is 9.10. The Labute approximate surface area is 110 Å². The first-order valence-corrected chi connectivity index (χ1v) is 7.10. The van der Waals surface area contributed by atoms with Crippen molar-refractivity contribution in [3.63, 3.8) is 0 Å². The third kappa shape index (κ3) is 2.72. The monoisotopic (exact) mass is 299 g/mol. The van der Waals surface area contributed by atoms with E-state index in [1.54, 1.807) is 0 Å². The van der Waals surface area contributed by atoms with E-state index in [1.807, 2.05) is 6.20 Å². The Kier molecular flexibility index (Phi) is 3.49. The average Bonchev–Trinajstić information content (AvgIpc) is 2.71. The summed E-state index contributed by atoms with van der Waals surface area (Å²) in [6.07, 6.45) is 6.48. The van der Waals surface area contributed by atoms with Crippen molar-refractivity contribution >= 4 is 15.9 Å². The molecule has 3 heterocycles. The predicted octanol–water partition coefficient (Wildman–Crippen LogP) is 1.93. The van der Waals surface area contributed by atoms with Crippen molar-refractivity contribution in [3.8, 4) is 0 Å². The number of hydrogen-bond donors (Lipinski definition) is 0. The minimum absolute atomic E-state index is 0.561. The first-order chi connectivity index (χ1) is 8.31. The van der Waals surface area contributed by atoms with Crippen LogP contribution in [0.3, 0.4) is 0 Å². The molecule has 4 nitrogen and oxygen atoms in total. The van der Waals surface area contributed by atoms with Crippen LogP contribution in [-0.2, 0) is 4.74 Å². The Bertz CT molecular complexity index is 370. The number of hydrogen-bond acceptors (Lipinski definition) is 3. The molecule has 0 N–H and O–H groups in total. The first kappa shape index (κ1) is 11.7. The van der Waals surface area contributed by atoms with Crippen LogP contribution in [0.2, 0.25) is 0 Å². The van der Waals surface area contributed by atoms with Crippen LogP contribution in [0.1, 0.15) is 18.9 Å². The Morgan fingerprint density at radius 1 is 1.47 bits per heavy atom. The van der Waals surface area contributed by atoms with Gasteiger partial charge in [0.2, 0.25) is 0 Å². The Balaban J connectivity index is 1.45. The van der Waals surface area contributed by atoms with Crippen molar-refractivity contribution in [2.24, 2.45) is 5.92 Å². The number of nitrogens with zero attached hydrogens (tertiary/aromatic N) is 3. The molecule has 0 bridgehead atoms. The minimum Gasteiger partial charge on any atom is -0.381 e. The summed E-state index contributed by atoms with van der Waals surface area (Å²) in [6, 6.07) is 0.561. The van der Waals surface area contributed by atoms with E-state index < -0.39 is 0 Å². The molecule has 1 unspecified atom stereocenters. The van der Waals surface area contributed by atoms with Crippen LogP contribution >= 0.6 is 15.9 Å². The van der Waals surface area contributed by atoms with E-state index in [-0.39, 0.29) is 0 Å². The lowest BCUT2D eigenvalue weighted by Gasteiger charge is -2.41. The maximum absolute atomic E-state index is 5.52. The normalized spacial score (nSPS) is 27.0. The lowest BCUT2D eigenvalue weighted by molar-refractivity contribution is 0.0125. The predicted molar refractivity (Wildman–Crippen MR) is 68.9 cm³/mol. The van der Waals surface area contributed by atoms with Gasteiger partial charge in [-0.25, -0.2) is 0 Å². The van der Waals surface area contributed by atoms with Gasteiger partial charge in [-0.2, -0.15) is 5.10 Å². The topological polar surface area (TPSA) is 30.3 Å². The summed E-state index contributed by atoms with van der Waals surface area (Å²) in [7, 11) is 0. The summed E-state index contributed by atoms with van der Waals surface area (Å²) in [5.74, 6) is 0.744. The van der Waals surface area contributed by atoms with Gasteiger partial charge >= 0.3 is 0 Å². The van der Waals surface area contributed by atoms with Gasteiger partial charge in [-0.3, -0.25) is 9.58 Å². The number of rotatable bonds is 3. The van der Waals surface area contributed by atoms with Gasteiger partial charge in [-0.15, -0.1) is 0 Å². The molecule has 5 heteroatoms. The molecule has 1 aromatic rings. The van der Waals surface area contributed by atoms with Gasteiger partial charge in [0.15, 0.2) is 0 Å². The third-order valence-corrected chi connectivity index (χ3v) is 4.06. The molecule has 1 atom stereocenters. The van der Waals surface area contributed by atoms with E-state index in [1.165, 1.54) is 19.4 Å². The van der Waals surface area contributed by atoms with E-state index >= 15 is 0 Å². The first-order valence-electron chi connectivity index (χ1n) is 6.31. The minimum atomic E-state index is 0.561. The molecular formula is C12H18BrN3O. The van der Waals surface area contributed by atoms with E-state index in [2.05, 4.69) is 36.8 Å². The molecule has 0 aliphatic carbocycles. The maximum Gasteiger partial charge on any atom is 0.0773 e. The highest BCUT2D eigenvalue weighted by Gasteiger charge is 2.30. The smallest absolute Gasteiger partial charge is 0.0773 e. The van der Waals surface area contributed by atoms with E-state index in [0.717, 1.165) is 36.7 Å². The summed E-state index contributed by atoms with van der Waals surface area (Å²) >= 11 is 3.44. The van der Waals surface area contributed by atoms with Gasteiger partial charge in [0, 0.05) is 32.4 Å². The average molecular weight is 300 g/mol. The molecule has 0 amide bonds. The van der Waals surface area contributed by atoms with Gasteiger partial charge in [-0.1, -0.05) is 0 Å². The van der Waals surface area contributed by atoms with Gasteiger partial charge in [0.25, 0.3) is 0 Å². The second-order valence-corrected chi connectivity index (χ2v) is 6.01. The third-order valence-electron chi connectivity index (χ3n) is 3.65. The highest BCUT2D eigenvalue weighted by Crippen LogP contribution is 2.25. The quantitative estimate of drug-likeness (QED) is 0.854. The van der Waals surface area contributed by atoms with Crippen molar-refractivity contribution < 1.29 is 4.74 Å². The molecular weight excluding hydrogens is 282 g/mol. The molecule has 3 rings (SSSR count). The SMILES string of the molecule is Brc1cnn(C2CN(CC3CCCOC3)C2)c1. The molecule has 2 aliphatic rings. The molecule has 1 aromatic heterocycles. The molecule has 0 radical (unpaired) electrons. The Hall–Kier alpha value is -0.390. The van der Waals surface area contributed by atoms with Crippen molar-refractivity contribution in [2.45, 2.75) is 18.9 Å². The van der Waals surface area contributed by atoms with Crippen LogP contribution in [0.5, 0.6) is 0 Å². The number of ether oxygens (including phenoxy) is 1. The number of aromatic nitrogens is 2. The number of halogens is 1. The fraction of sp³-hybridized carbons (Fsp3) is 0.750. The summed E-state index contributed by atoms with van der Waals surface area (Å²) in [5, 5.41) is 4.34. The van der Waals surface area contributed by atoms with Crippen LogP contribution in [-0.4, -0.2) is 47.5 Å². The standard InChI is InChI=1S/C12H18BrN3O/c13-11-4-14-16(6-11)12-7-15(8-12)5-10-2-1-3-17-9-10/h4,6,10,12H,1-3,5,7-9H2.